The Morgan fingerprint density at radius 2 is 1.94 bits per heavy atom. The number of carbonyl (C=O) groups excluding carboxylic acids is 1. The fourth-order valence-electron chi connectivity index (χ4n) is 5.49. The van der Waals surface area contributed by atoms with E-state index in [2.05, 4.69) is 31.5 Å². The van der Waals surface area contributed by atoms with Crippen LogP contribution in [0.5, 0.6) is 0 Å². The molecule has 1 aliphatic carbocycles. The van der Waals surface area contributed by atoms with Crippen molar-refractivity contribution >= 4 is 16.9 Å². The van der Waals surface area contributed by atoms with Crippen LogP contribution in [-0.4, -0.2) is 55.8 Å². The maximum atomic E-state index is 13.4. The molecule has 0 amide bonds. The van der Waals surface area contributed by atoms with E-state index in [0.29, 0.717) is 43.9 Å². The van der Waals surface area contributed by atoms with E-state index in [0.717, 1.165) is 42.1 Å². The van der Waals surface area contributed by atoms with Crippen molar-refractivity contribution in [2.75, 3.05) is 19.7 Å². The van der Waals surface area contributed by atoms with Crippen LogP contribution in [0.3, 0.4) is 0 Å². The summed E-state index contributed by atoms with van der Waals surface area (Å²) in [6, 6.07) is 7.88. The molecule has 180 valence electrons. The highest BCUT2D eigenvalue weighted by Crippen LogP contribution is 2.35. The van der Waals surface area contributed by atoms with Crippen LogP contribution >= 0.6 is 0 Å². The van der Waals surface area contributed by atoms with Crippen LogP contribution in [-0.2, 0) is 9.53 Å². The second kappa shape index (κ2) is 9.66. The number of hydrogen-bond acceptors (Lipinski definition) is 7. The second-order valence-electron chi connectivity index (χ2n) is 9.53. The zero-order chi connectivity index (χ0) is 23.7. The Kier molecular flexibility index (Phi) is 6.45. The van der Waals surface area contributed by atoms with Gasteiger partial charge in [0.25, 0.3) is 5.56 Å². The van der Waals surface area contributed by atoms with Gasteiger partial charge in [-0.2, -0.15) is 0 Å². The first-order valence-corrected chi connectivity index (χ1v) is 12.4. The summed E-state index contributed by atoms with van der Waals surface area (Å²) in [6.07, 6.45) is 5.78. The number of nitrogens with one attached hydrogen (secondary N) is 1. The molecule has 9 nitrogen and oxygen atoms in total. The molecule has 34 heavy (non-hydrogen) atoms. The highest BCUT2D eigenvalue weighted by atomic mass is 16.5. The maximum Gasteiger partial charge on any atom is 0.309 e. The smallest absolute Gasteiger partial charge is 0.309 e. The van der Waals surface area contributed by atoms with Gasteiger partial charge >= 0.3 is 5.97 Å². The van der Waals surface area contributed by atoms with Crippen molar-refractivity contribution in [1.82, 2.24) is 30.1 Å². The Morgan fingerprint density at radius 3 is 2.68 bits per heavy atom. The van der Waals surface area contributed by atoms with Gasteiger partial charge in [-0.25, -0.2) is 4.68 Å². The Morgan fingerprint density at radius 1 is 1.18 bits per heavy atom. The number of esters is 1. The summed E-state index contributed by atoms with van der Waals surface area (Å²) in [5.41, 5.74) is 2.46. The number of ether oxygens (including phenoxy) is 1. The van der Waals surface area contributed by atoms with Gasteiger partial charge in [-0.1, -0.05) is 24.5 Å². The lowest BCUT2D eigenvalue weighted by molar-refractivity contribution is -0.149. The van der Waals surface area contributed by atoms with Crippen LogP contribution in [0.4, 0.5) is 0 Å². The molecule has 1 aromatic carbocycles. The molecule has 1 unspecified atom stereocenters. The average molecular weight is 465 g/mol. The second-order valence-corrected chi connectivity index (χ2v) is 9.53. The number of nitrogens with zero attached hydrogens (tertiary/aromatic N) is 5. The van der Waals surface area contributed by atoms with Crippen molar-refractivity contribution in [2.45, 2.75) is 64.5 Å². The number of carbonyl (C=O) groups is 1. The molecule has 1 atom stereocenters. The van der Waals surface area contributed by atoms with Crippen molar-refractivity contribution < 1.29 is 9.53 Å². The minimum atomic E-state index is -0.382. The lowest BCUT2D eigenvalue weighted by Gasteiger charge is -2.36. The monoisotopic (exact) mass is 464 g/mol. The van der Waals surface area contributed by atoms with E-state index in [9.17, 15) is 9.59 Å². The van der Waals surface area contributed by atoms with Crippen molar-refractivity contribution in [3.05, 3.63) is 51.6 Å². The molecule has 5 rings (SSSR count). The van der Waals surface area contributed by atoms with Crippen LogP contribution in [0.25, 0.3) is 10.9 Å². The van der Waals surface area contributed by atoms with E-state index >= 15 is 0 Å². The predicted molar refractivity (Wildman–Crippen MR) is 127 cm³/mol. The molecular formula is C25H32N6O3. The predicted octanol–water partition coefficient (Wildman–Crippen LogP) is 3.30. The Labute approximate surface area is 198 Å². The standard InChI is InChI=1S/C25H32N6O3/c1-3-34-25(33)17-10-12-30(13-11-17)22(23-27-28-29-31(23)19-6-4-5-7-19)20-15-18-14-16(2)8-9-21(18)26-24(20)32/h8-9,14-15,17,19,22H,3-7,10-13H2,1-2H3,(H,26,32). The number of benzene rings is 1. The van der Waals surface area contributed by atoms with Gasteiger partial charge < -0.3 is 9.72 Å². The third-order valence-electron chi connectivity index (χ3n) is 7.27. The van der Waals surface area contributed by atoms with Gasteiger partial charge in [-0.05, 0) is 73.5 Å². The van der Waals surface area contributed by atoms with E-state index < -0.39 is 0 Å². The summed E-state index contributed by atoms with van der Waals surface area (Å²) < 4.78 is 7.19. The number of fused-ring (bicyclic) bond motifs is 1. The zero-order valence-electron chi connectivity index (χ0n) is 19.9. The molecule has 1 saturated heterocycles. The van der Waals surface area contributed by atoms with Crippen LogP contribution in [0.15, 0.2) is 29.1 Å². The molecule has 1 aliphatic heterocycles. The van der Waals surface area contributed by atoms with E-state index in [4.69, 9.17) is 4.74 Å². The number of aryl methyl sites for hydroxylation is 1. The molecule has 2 aliphatic rings. The lowest BCUT2D eigenvalue weighted by atomic mass is 9.93. The molecule has 0 bridgehead atoms. The Balaban J connectivity index is 1.55. The van der Waals surface area contributed by atoms with Crippen molar-refractivity contribution in [2.24, 2.45) is 5.92 Å². The normalized spacial score (nSPS) is 19.0. The topological polar surface area (TPSA) is 106 Å². The molecule has 2 aromatic heterocycles. The summed E-state index contributed by atoms with van der Waals surface area (Å²) in [4.78, 5) is 31.0. The summed E-state index contributed by atoms with van der Waals surface area (Å²) >= 11 is 0. The van der Waals surface area contributed by atoms with Gasteiger partial charge in [0.2, 0.25) is 0 Å². The molecule has 3 aromatic rings. The molecule has 1 N–H and O–H groups in total. The van der Waals surface area contributed by atoms with Gasteiger partial charge in [0, 0.05) is 24.2 Å². The van der Waals surface area contributed by atoms with Crippen LogP contribution < -0.4 is 5.56 Å². The minimum Gasteiger partial charge on any atom is -0.466 e. The minimum absolute atomic E-state index is 0.111. The quantitative estimate of drug-likeness (QED) is 0.558. The third kappa shape index (κ3) is 4.36. The van der Waals surface area contributed by atoms with Crippen molar-refractivity contribution in [3.8, 4) is 0 Å². The first kappa shape index (κ1) is 22.7. The number of tetrazole rings is 1. The first-order valence-electron chi connectivity index (χ1n) is 12.4. The number of rotatable bonds is 6. The molecule has 0 spiro atoms. The molecular weight excluding hydrogens is 432 g/mol. The highest BCUT2D eigenvalue weighted by Gasteiger charge is 2.36. The molecule has 2 fully saturated rings. The van der Waals surface area contributed by atoms with Crippen molar-refractivity contribution in [3.63, 3.8) is 0 Å². The van der Waals surface area contributed by atoms with Gasteiger partial charge in [0.15, 0.2) is 5.82 Å². The third-order valence-corrected chi connectivity index (χ3v) is 7.27. The van der Waals surface area contributed by atoms with Gasteiger partial charge in [-0.15, -0.1) is 5.10 Å². The van der Waals surface area contributed by atoms with E-state index in [1.54, 1.807) is 0 Å². The number of H-pyrrole nitrogens is 1. The summed E-state index contributed by atoms with van der Waals surface area (Å²) in [6.45, 7) is 5.60. The maximum absolute atomic E-state index is 13.4. The van der Waals surface area contributed by atoms with Gasteiger partial charge in [-0.3, -0.25) is 14.5 Å². The molecule has 9 heteroatoms. The SMILES string of the molecule is CCOC(=O)C1CCN(C(c2cc3cc(C)ccc3[nH]c2=O)c2nnnn2C2CCCC2)CC1. The van der Waals surface area contributed by atoms with E-state index in [-0.39, 0.29) is 29.5 Å². The van der Waals surface area contributed by atoms with Gasteiger partial charge in [0.05, 0.1) is 18.6 Å². The fourth-order valence-corrected chi connectivity index (χ4v) is 5.49. The number of aromatic amines is 1. The molecule has 3 heterocycles. The fraction of sp³-hybridized carbons (Fsp3) is 0.560. The van der Waals surface area contributed by atoms with Crippen LogP contribution in [0.1, 0.15) is 74.5 Å². The average Bonchev–Trinajstić information content (AvgIpc) is 3.53. The lowest BCUT2D eigenvalue weighted by Crippen LogP contribution is -2.42. The zero-order valence-corrected chi connectivity index (χ0v) is 19.9. The molecule has 0 radical (unpaired) electrons. The van der Waals surface area contributed by atoms with E-state index in [1.165, 1.54) is 0 Å². The largest absolute Gasteiger partial charge is 0.466 e. The van der Waals surface area contributed by atoms with E-state index in [1.807, 2.05) is 36.7 Å². The summed E-state index contributed by atoms with van der Waals surface area (Å²) in [5, 5.41) is 13.8. The number of aromatic nitrogens is 5. The Bertz CT molecular complexity index is 1220. The number of piperidine rings is 1. The highest BCUT2D eigenvalue weighted by molar-refractivity contribution is 5.79. The van der Waals surface area contributed by atoms with Crippen LogP contribution in [0.2, 0.25) is 0 Å². The molecule has 1 saturated carbocycles. The number of hydrogen-bond donors (Lipinski definition) is 1. The number of pyridine rings is 1. The number of likely N-dealkylation sites (tertiary alicyclic amines) is 1. The summed E-state index contributed by atoms with van der Waals surface area (Å²) in [7, 11) is 0. The van der Waals surface area contributed by atoms with Crippen molar-refractivity contribution in [1.29, 1.82) is 0 Å². The van der Waals surface area contributed by atoms with Crippen LogP contribution in [0, 0.1) is 12.8 Å². The summed E-state index contributed by atoms with van der Waals surface area (Å²) in [5.74, 6) is 0.465. The van der Waals surface area contributed by atoms with Gasteiger partial charge in [0.1, 0.15) is 6.04 Å². The Hall–Kier alpha value is -3.07. The first-order chi connectivity index (χ1) is 16.5.